The molecule has 0 saturated carbocycles. The summed E-state index contributed by atoms with van der Waals surface area (Å²) in [5.41, 5.74) is 0.209. The Morgan fingerprint density at radius 3 is 2.31 bits per heavy atom. The normalized spacial score (nSPS) is 11.3. The quantitative estimate of drug-likeness (QED) is 0.815. The van der Waals surface area contributed by atoms with Crippen LogP contribution in [0.3, 0.4) is 0 Å². The first-order valence-electron chi connectivity index (χ1n) is 4.99. The van der Waals surface area contributed by atoms with Gasteiger partial charge in [0.15, 0.2) is 0 Å². The molecule has 0 radical (unpaired) electrons. The van der Waals surface area contributed by atoms with Gasteiger partial charge in [0.2, 0.25) is 5.28 Å². The van der Waals surface area contributed by atoms with Crippen molar-refractivity contribution in [2.24, 2.45) is 5.41 Å². The van der Waals surface area contributed by atoms with Gasteiger partial charge in [-0.25, -0.2) is 0 Å². The summed E-state index contributed by atoms with van der Waals surface area (Å²) in [4.78, 5) is 11.5. The Labute approximate surface area is 100 Å². The first kappa shape index (κ1) is 13.0. The molecular formula is C10H16ClN3O2. The number of methoxy groups -OCH3 is 1. The van der Waals surface area contributed by atoms with Crippen LogP contribution < -0.4 is 9.47 Å². The van der Waals surface area contributed by atoms with Crippen molar-refractivity contribution in [3.63, 3.8) is 0 Å². The molecule has 1 rings (SSSR count). The smallest absolute Gasteiger partial charge is 0.323 e. The van der Waals surface area contributed by atoms with Crippen LogP contribution in [0.2, 0.25) is 5.28 Å². The average molecular weight is 246 g/mol. The van der Waals surface area contributed by atoms with Gasteiger partial charge in [-0.2, -0.15) is 9.97 Å². The van der Waals surface area contributed by atoms with Crippen LogP contribution in [0.25, 0.3) is 0 Å². The second-order valence-electron chi connectivity index (χ2n) is 4.53. The fourth-order valence-corrected chi connectivity index (χ4v) is 1.06. The van der Waals surface area contributed by atoms with E-state index in [9.17, 15) is 0 Å². The molecule has 1 aromatic heterocycles. The number of nitrogens with zero attached hydrogens (tertiary/aromatic N) is 3. The van der Waals surface area contributed by atoms with Gasteiger partial charge in [0, 0.05) is 0 Å². The molecule has 0 bridgehead atoms. The zero-order valence-electron chi connectivity index (χ0n) is 9.95. The van der Waals surface area contributed by atoms with Crippen LogP contribution in [0.5, 0.6) is 12.0 Å². The van der Waals surface area contributed by atoms with Gasteiger partial charge in [-0.3, -0.25) is 0 Å². The van der Waals surface area contributed by atoms with Crippen molar-refractivity contribution in [1.29, 1.82) is 0 Å². The first-order chi connectivity index (χ1) is 7.40. The van der Waals surface area contributed by atoms with E-state index in [0.29, 0.717) is 6.61 Å². The van der Waals surface area contributed by atoms with Crippen LogP contribution in [0.15, 0.2) is 0 Å². The van der Waals surface area contributed by atoms with Gasteiger partial charge in [-0.05, 0) is 23.4 Å². The van der Waals surface area contributed by atoms with Gasteiger partial charge in [-0.15, -0.1) is 4.98 Å². The van der Waals surface area contributed by atoms with E-state index in [1.54, 1.807) is 0 Å². The van der Waals surface area contributed by atoms with E-state index in [-0.39, 0.29) is 22.7 Å². The highest BCUT2D eigenvalue weighted by Crippen LogP contribution is 2.19. The van der Waals surface area contributed by atoms with E-state index >= 15 is 0 Å². The third-order valence-corrected chi connectivity index (χ3v) is 2.00. The molecule has 0 saturated heterocycles. The predicted octanol–water partition coefficient (Wildman–Crippen LogP) is 2.35. The van der Waals surface area contributed by atoms with Gasteiger partial charge in [0.25, 0.3) is 0 Å². The molecule has 0 N–H and O–H groups in total. The van der Waals surface area contributed by atoms with Crippen molar-refractivity contribution in [3.8, 4) is 12.0 Å². The number of hydrogen-bond donors (Lipinski definition) is 0. The molecule has 1 aromatic rings. The topological polar surface area (TPSA) is 57.1 Å². The summed E-state index contributed by atoms with van der Waals surface area (Å²) in [6.07, 6.45) is 0.901. The summed E-state index contributed by atoms with van der Waals surface area (Å²) < 4.78 is 10.2. The number of rotatable bonds is 4. The molecule has 5 nitrogen and oxygen atoms in total. The second-order valence-corrected chi connectivity index (χ2v) is 4.87. The minimum absolute atomic E-state index is 0.0672. The Bertz CT molecular complexity index is 352. The summed E-state index contributed by atoms with van der Waals surface area (Å²) in [6.45, 7) is 6.94. The average Bonchev–Trinajstić information content (AvgIpc) is 2.14. The Hall–Kier alpha value is -1.10. The molecule has 1 heterocycles. The summed E-state index contributed by atoms with van der Waals surface area (Å²) in [7, 11) is 1.46. The lowest BCUT2D eigenvalue weighted by Crippen LogP contribution is -2.12. The highest BCUT2D eigenvalue weighted by molar-refractivity contribution is 6.28. The molecule has 0 amide bonds. The molecule has 90 valence electrons. The molecule has 0 atom stereocenters. The van der Waals surface area contributed by atoms with E-state index in [2.05, 4.69) is 35.7 Å². The van der Waals surface area contributed by atoms with Crippen molar-refractivity contribution in [1.82, 2.24) is 15.0 Å². The van der Waals surface area contributed by atoms with Crippen LogP contribution in [0, 0.1) is 5.41 Å². The SMILES string of the molecule is COc1nc(Cl)nc(OCCC(C)(C)C)n1. The highest BCUT2D eigenvalue weighted by Gasteiger charge is 2.11. The van der Waals surface area contributed by atoms with Crippen molar-refractivity contribution < 1.29 is 9.47 Å². The zero-order chi connectivity index (χ0) is 12.2. The van der Waals surface area contributed by atoms with Crippen LogP contribution in [0.4, 0.5) is 0 Å². The summed E-state index contributed by atoms with van der Waals surface area (Å²) >= 11 is 5.68. The van der Waals surface area contributed by atoms with Gasteiger partial charge < -0.3 is 9.47 Å². The molecule has 0 fully saturated rings. The van der Waals surface area contributed by atoms with E-state index in [4.69, 9.17) is 21.1 Å². The molecule has 6 heteroatoms. The Kier molecular flexibility index (Phi) is 4.29. The number of halogens is 1. The molecule has 16 heavy (non-hydrogen) atoms. The first-order valence-corrected chi connectivity index (χ1v) is 5.37. The van der Waals surface area contributed by atoms with Gasteiger partial charge >= 0.3 is 12.0 Å². The molecule has 0 aliphatic carbocycles. The third kappa shape index (κ3) is 4.61. The lowest BCUT2D eigenvalue weighted by Gasteiger charge is -2.17. The molecular weight excluding hydrogens is 230 g/mol. The fourth-order valence-electron chi connectivity index (χ4n) is 0.919. The third-order valence-electron chi connectivity index (χ3n) is 1.83. The lowest BCUT2D eigenvalue weighted by atomic mass is 9.93. The molecule has 0 unspecified atom stereocenters. The Morgan fingerprint density at radius 2 is 1.75 bits per heavy atom. The molecule has 0 aromatic carbocycles. The Morgan fingerprint density at radius 1 is 1.12 bits per heavy atom. The second kappa shape index (κ2) is 5.30. The maximum atomic E-state index is 5.68. The standard InChI is InChI=1S/C10H16ClN3O2/c1-10(2,3)5-6-16-9-13-7(11)12-8(14-9)15-4/h5-6H2,1-4H3. The van der Waals surface area contributed by atoms with Crippen LogP contribution in [0.1, 0.15) is 27.2 Å². The van der Waals surface area contributed by atoms with Crippen LogP contribution in [-0.2, 0) is 0 Å². The minimum atomic E-state index is 0.0672. The number of aromatic nitrogens is 3. The predicted molar refractivity (Wildman–Crippen MR) is 61.0 cm³/mol. The minimum Gasteiger partial charge on any atom is -0.467 e. The zero-order valence-corrected chi connectivity index (χ0v) is 10.7. The lowest BCUT2D eigenvalue weighted by molar-refractivity contribution is 0.225. The van der Waals surface area contributed by atoms with E-state index in [1.807, 2.05) is 0 Å². The highest BCUT2D eigenvalue weighted by atomic mass is 35.5. The largest absolute Gasteiger partial charge is 0.467 e. The fraction of sp³-hybridized carbons (Fsp3) is 0.700. The summed E-state index contributed by atoms with van der Waals surface area (Å²) in [6, 6.07) is 0.354. The Balaban J connectivity index is 2.57. The number of ether oxygens (including phenoxy) is 2. The van der Waals surface area contributed by atoms with E-state index in [1.165, 1.54) is 7.11 Å². The monoisotopic (exact) mass is 245 g/mol. The van der Waals surface area contributed by atoms with Crippen molar-refractivity contribution in [2.45, 2.75) is 27.2 Å². The molecule has 0 spiro atoms. The van der Waals surface area contributed by atoms with Gasteiger partial charge in [0.05, 0.1) is 13.7 Å². The number of hydrogen-bond acceptors (Lipinski definition) is 5. The van der Waals surface area contributed by atoms with Gasteiger partial charge in [0.1, 0.15) is 0 Å². The van der Waals surface area contributed by atoms with E-state index in [0.717, 1.165) is 6.42 Å². The van der Waals surface area contributed by atoms with Crippen LogP contribution >= 0.6 is 11.6 Å². The summed E-state index contributed by atoms with van der Waals surface area (Å²) in [5.74, 6) is 0. The van der Waals surface area contributed by atoms with E-state index < -0.39 is 0 Å². The maximum Gasteiger partial charge on any atom is 0.323 e. The molecule has 0 aliphatic rings. The van der Waals surface area contributed by atoms with Crippen molar-refractivity contribution in [2.75, 3.05) is 13.7 Å². The molecule has 0 aliphatic heterocycles. The van der Waals surface area contributed by atoms with Gasteiger partial charge in [-0.1, -0.05) is 20.8 Å². The van der Waals surface area contributed by atoms with Crippen molar-refractivity contribution >= 4 is 11.6 Å². The van der Waals surface area contributed by atoms with Crippen molar-refractivity contribution in [3.05, 3.63) is 5.28 Å². The maximum absolute atomic E-state index is 5.68. The van der Waals surface area contributed by atoms with Crippen LogP contribution in [-0.4, -0.2) is 28.7 Å². The summed E-state index contributed by atoms with van der Waals surface area (Å²) in [5, 5.41) is 0.0672.